The summed E-state index contributed by atoms with van der Waals surface area (Å²) in [5.41, 5.74) is 1.20. The van der Waals surface area contributed by atoms with E-state index in [4.69, 9.17) is 14.5 Å². The first-order valence-corrected chi connectivity index (χ1v) is 10.5. The van der Waals surface area contributed by atoms with Gasteiger partial charge in [0.25, 0.3) is 0 Å². The summed E-state index contributed by atoms with van der Waals surface area (Å²) in [6, 6.07) is 8.33. The second-order valence-corrected chi connectivity index (χ2v) is 8.78. The number of aryl methyl sites for hydroxylation is 1. The number of guanidine groups is 1. The molecule has 0 radical (unpaired) electrons. The van der Waals surface area contributed by atoms with Gasteiger partial charge in [0.2, 0.25) is 0 Å². The summed E-state index contributed by atoms with van der Waals surface area (Å²) in [6.07, 6.45) is 1.43. The lowest BCUT2D eigenvalue weighted by Gasteiger charge is -2.54. The third kappa shape index (κ3) is 3.88. The number of aromatic nitrogens is 3. The van der Waals surface area contributed by atoms with Crippen molar-refractivity contribution in [1.82, 2.24) is 25.4 Å². The third-order valence-corrected chi connectivity index (χ3v) is 6.57. The molecule has 30 heavy (non-hydrogen) atoms. The van der Waals surface area contributed by atoms with Crippen molar-refractivity contribution in [3.8, 4) is 5.75 Å². The Morgan fingerprint density at radius 1 is 1.30 bits per heavy atom. The van der Waals surface area contributed by atoms with Crippen LogP contribution in [0.4, 0.5) is 0 Å². The maximum Gasteiger partial charge on any atom is 0.192 e. The molecule has 2 N–H and O–H groups in total. The Bertz CT molecular complexity index is 905. The minimum Gasteiger partial charge on any atom is -0.497 e. The lowest BCUT2D eigenvalue weighted by molar-refractivity contribution is -0.106. The van der Waals surface area contributed by atoms with E-state index in [1.165, 1.54) is 0 Å². The highest BCUT2D eigenvalue weighted by Gasteiger charge is 2.59. The maximum atomic E-state index is 5.94. The van der Waals surface area contributed by atoms with Crippen molar-refractivity contribution in [2.45, 2.75) is 52.4 Å². The quantitative estimate of drug-likeness (QED) is 0.559. The fourth-order valence-corrected chi connectivity index (χ4v) is 4.59. The molecule has 3 atom stereocenters. The van der Waals surface area contributed by atoms with Crippen molar-refractivity contribution in [1.29, 1.82) is 0 Å². The molecule has 2 fully saturated rings. The highest BCUT2D eigenvalue weighted by molar-refractivity contribution is 5.80. The van der Waals surface area contributed by atoms with Gasteiger partial charge in [-0.25, -0.2) is 4.99 Å². The van der Waals surface area contributed by atoms with Crippen LogP contribution in [-0.2, 0) is 24.9 Å². The molecule has 2 heterocycles. The zero-order valence-electron chi connectivity index (χ0n) is 18.5. The summed E-state index contributed by atoms with van der Waals surface area (Å²) in [6.45, 7) is 8.47. The van der Waals surface area contributed by atoms with Crippen LogP contribution in [0.3, 0.4) is 0 Å². The predicted molar refractivity (Wildman–Crippen MR) is 115 cm³/mol. The smallest absolute Gasteiger partial charge is 0.192 e. The summed E-state index contributed by atoms with van der Waals surface area (Å²) >= 11 is 0. The number of rotatable bonds is 6. The first-order chi connectivity index (χ1) is 14.4. The van der Waals surface area contributed by atoms with Crippen molar-refractivity contribution < 1.29 is 9.47 Å². The Balaban J connectivity index is 1.48. The molecule has 1 aliphatic heterocycles. The largest absolute Gasteiger partial charge is 0.497 e. The number of aliphatic imine (C=N–C) groups is 1. The summed E-state index contributed by atoms with van der Waals surface area (Å²) in [4.78, 5) is 4.86. The van der Waals surface area contributed by atoms with Gasteiger partial charge in [-0.1, -0.05) is 26.0 Å². The number of benzene rings is 1. The van der Waals surface area contributed by atoms with Gasteiger partial charge in [0.1, 0.15) is 11.6 Å². The molecule has 0 amide bonds. The number of nitrogens with one attached hydrogen (secondary N) is 2. The zero-order valence-corrected chi connectivity index (χ0v) is 18.5. The van der Waals surface area contributed by atoms with Crippen LogP contribution in [-0.4, -0.2) is 46.6 Å². The summed E-state index contributed by atoms with van der Waals surface area (Å²) < 4.78 is 13.2. The van der Waals surface area contributed by atoms with Crippen LogP contribution in [0.25, 0.3) is 0 Å². The fourth-order valence-electron chi connectivity index (χ4n) is 4.59. The number of nitrogens with zero attached hydrogens (tertiary/aromatic N) is 4. The van der Waals surface area contributed by atoms with Gasteiger partial charge in [-0.05, 0) is 31.0 Å². The summed E-state index contributed by atoms with van der Waals surface area (Å²) in [7, 11) is 3.65. The summed E-state index contributed by atoms with van der Waals surface area (Å²) in [5.74, 6) is 3.93. The van der Waals surface area contributed by atoms with E-state index in [-0.39, 0.29) is 5.41 Å². The SMILES string of the molecule is COc1ccc(CN=C(NCc2nnc(C)n2C)NC2C3CCOC3C2(C)C)cc1. The van der Waals surface area contributed by atoms with Crippen LogP contribution in [0.15, 0.2) is 29.3 Å². The number of ether oxygens (including phenoxy) is 2. The zero-order chi connectivity index (χ0) is 21.3. The molecule has 2 aliphatic rings. The number of fused-ring (bicyclic) bond motifs is 1. The average Bonchev–Trinajstić information content (AvgIpc) is 3.34. The number of hydrogen-bond donors (Lipinski definition) is 2. The molecule has 1 aliphatic carbocycles. The Morgan fingerprint density at radius 3 is 2.73 bits per heavy atom. The van der Waals surface area contributed by atoms with E-state index in [1.54, 1.807) is 7.11 Å². The molecule has 4 rings (SSSR count). The Kier molecular flexibility index (Phi) is 5.69. The standard InChI is InChI=1S/C22H32N6O2/c1-14-26-27-18(28(14)4)13-24-21(23-12-15-6-8-16(29-5)9-7-15)25-19-17-10-11-30-20(17)22(19,2)3/h6-9,17,19-20H,10-13H2,1-5H3,(H2,23,24,25). The van der Waals surface area contributed by atoms with Crippen LogP contribution in [0.1, 0.15) is 37.5 Å². The van der Waals surface area contributed by atoms with Crippen LogP contribution < -0.4 is 15.4 Å². The molecule has 1 aromatic carbocycles. The van der Waals surface area contributed by atoms with Gasteiger partial charge in [-0.3, -0.25) is 0 Å². The van der Waals surface area contributed by atoms with E-state index in [0.717, 1.165) is 41.9 Å². The van der Waals surface area contributed by atoms with Crippen molar-refractivity contribution in [2.75, 3.05) is 13.7 Å². The van der Waals surface area contributed by atoms with Gasteiger partial charge < -0.3 is 24.7 Å². The minimum absolute atomic E-state index is 0.0745. The number of methoxy groups -OCH3 is 1. The van der Waals surface area contributed by atoms with Crippen molar-refractivity contribution in [3.63, 3.8) is 0 Å². The average molecular weight is 413 g/mol. The first-order valence-electron chi connectivity index (χ1n) is 10.5. The monoisotopic (exact) mass is 412 g/mol. The van der Waals surface area contributed by atoms with E-state index in [0.29, 0.717) is 31.2 Å². The van der Waals surface area contributed by atoms with Crippen molar-refractivity contribution in [2.24, 2.45) is 23.4 Å². The van der Waals surface area contributed by atoms with Crippen LogP contribution in [0.2, 0.25) is 0 Å². The van der Waals surface area contributed by atoms with E-state index in [1.807, 2.05) is 42.8 Å². The van der Waals surface area contributed by atoms with Gasteiger partial charge in [0.15, 0.2) is 11.8 Å². The minimum atomic E-state index is 0.0745. The van der Waals surface area contributed by atoms with Crippen molar-refractivity contribution in [3.05, 3.63) is 41.5 Å². The second-order valence-electron chi connectivity index (χ2n) is 8.78. The van der Waals surface area contributed by atoms with Gasteiger partial charge >= 0.3 is 0 Å². The molecular weight excluding hydrogens is 380 g/mol. The Labute approximate surface area is 178 Å². The molecule has 8 heteroatoms. The van der Waals surface area contributed by atoms with E-state index < -0.39 is 0 Å². The molecular formula is C22H32N6O2. The lowest BCUT2D eigenvalue weighted by atomic mass is 9.57. The molecule has 3 unspecified atom stereocenters. The van der Waals surface area contributed by atoms with E-state index in [9.17, 15) is 0 Å². The predicted octanol–water partition coefficient (Wildman–Crippen LogP) is 2.18. The van der Waals surface area contributed by atoms with Crippen LogP contribution in [0, 0.1) is 18.3 Å². The van der Waals surface area contributed by atoms with Gasteiger partial charge in [0.05, 0.1) is 26.3 Å². The number of hydrogen-bond acceptors (Lipinski definition) is 5. The third-order valence-electron chi connectivity index (χ3n) is 6.57. The highest BCUT2D eigenvalue weighted by atomic mass is 16.5. The molecule has 162 valence electrons. The molecule has 2 aromatic rings. The first kappa shape index (κ1) is 20.7. The normalized spacial score (nSPS) is 24.8. The van der Waals surface area contributed by atoms with Gasteiger partial charge in [0, 0.05) is 31.0 Å². The van der Waals surface area contributed by atoms with Crippen LogP contribution >= 0.6 is 0 Å². The van der Waals surface area contributed by atoms with Crippen LogP contribution in [0.5, 0.6) is 5.75 Å². The maximum absolute atomic E-state index is 5.94. The van der Waals surface area contributed by atoms with E-state index >= 15 is 0 Å². The molecule has 1 aromatic heterocycles. The molecule has 8 nitrogen and oxygen atoms in total. The molecule has 0 bridgehead atoms. The molecule has 1 saturated carbocycles. The highest BCUT2D eigenvalue weighted by Crippen LogP contribution is 2.52. The van der Waals surface area contributed by atoms with Gasteiger partial charge in [-0.15, -0.1) is 10.2 Å². The Hall–Kier alpha value is -2.61. The second kappa shape index (κ2) is 8.26. The van der Waals surface area contributed by atoms with Crippen molar-refractivity contribution >= 4 is 5.96 Å². The summed E-state index contributed by atoms with van der Waals surface area (Å²) in [5, 5.41) is 15.5. The van der Waals surface area contributed by atoms with E-state index in [2.05, 4.69) is 34.7 Å². The Morgan fingerprint density at radius 2 is 2.07 bits per heavy atom. The molecule has 0 spiro atoms. The fraction of sp³-hybridized carbons (Fsp3) is 0.591. The molecule has 1 saturated heterocycles. The van der Waals surface area contributed by atoms with Gasteiger partial charge in [-0.2, -0.15) is 0 Å². The topological polar surface area (TPSA) is 85.6 Å². The lowest BCUT2D eigenvalue weighted by Crippen LogP contribution is -2.67.